The van der Waals surface area contributed by atoms with Crippen molar-refractivity contribution in [3.05, 3.63) is 0 Å². The molecule has 2 nitrogen and oxygen atoms in total. The van der Waals surface area contributed by atoms with Crippen LogP contribution in [-0.4, -0.2) is 46.4 Å². The van der Waals surface area contributed by atoms with Crippen molar-refractivity contribution in [1.29, 1.82) is 0 Å². The predicted octanol–water partition coefficient (Wildman–Crippen LogP) is 3.02. The molecule has 98 valence electrons. The highest BCUT2D eigenvalue weighted by Crippen LogP contribution is 2.44. The van der Waals surface area contributed by atoms with Gasteiger partial charge in [0.1, 0.15) is 5.67 Å². The number of nitrogens with zero attached hydrogens (tertiary/aromatic N) is 2. The molecule has 0 unspecified atom stereocenters. The van der Waals surface area contributed by atoms with E-state index in [9.17, 15) is 4.39 Å². The molecule has 3 aliphatic rings. The minimum atomic E-state index is -0.796. The fourth-order valence-electron chi connectivity index (χ4n) is 3.33. The first-order valence-electron chi connectivity index (χ1n) is 6.91. The third kappa shape index (κ3) is 2.95. The molecular weight excluding hydrogens is 330 g/mol. The van der Waals surface area contributed by atoms with Crippen LogP contribution in [0.3, 0.4) is 0 Å². The van der Waals surface area contributed by atoms with Gasteiger partial charge in [-0.25, -0.2) is 7.50 Å². The Morgan fingerprint density at radius 3 is 1.94 bits per heavy atom. The molecule has 2 saturated heterocycles. The first-order valence-corrected chi connectivity index (χ1v) is 7.88. The van der Waals surface area contributed by atoms with Crippen molar-refractivity contribution >= 4 is 22.9 Å². The molecule has 0 aromatic carbocycles. The highest BCUT2D eigenvalue weighted by Gasteiger charge is 2.46. The molecule has 0 aromatic rings. The van der Waals surface area contributed by atoms with Gasteiger partial charge in [-0.15, -0.1) is 0 Å². The summed E-state index contributed by atoms with van der Waals surface area (Å²) in [6.45, 7) is 5.46. The van der Waals surface area contributed by atoms with E-state index in [4.69, 9.17) is 0 Å². The number of halogens is 2. The third-order valence-corrected chi connectivity index (χ3v) is 5.95. The van der Waals surface area contributed by atoms with E-state index < -0.39 is 5.67 Å². The smallest absolute Gasteiger partial charge is 0.123 e. The molecule has 1 saturated carbocycles. The predicted molar refractivity (Wildman–Crippen MR) is 76.0 cm³/mol. The molecule has 1 spiro atoms. The quantitative estimate of drug-likeness (QED) is 0.557. The third-order valence-electron chi connectivity index (χ3n) is 4.99. The highest BCUT2D eigenvalue weighted by molar-refractivity contribution is 14.1. The molecule has 0 aromatic heterocycles. The van der Waals surface area contributed by atoms with Crippen molar-refractivity contribution in [2.24, 2.45) is 5.41 Å². The van der Waals surface area contributed by atoms with Crippen LogP contribution in [0.1, 0.15) is 38.5 Å². The van der Waals surface area contributed by atoms with Crippen molar-refractivity contribution < 1.29 is 4.39 Å². The average Bonchev–Trinajstić information content (AvgIpc) is 3.04. The monoisotopic (exact) mass is 352 g/mol. The largest absolute Gasteiger partial charge is 0.300 e. The van der Waals surface area contributed by atoms with Gasteiger partial charge in [0.25, 0.3) is 0 Å². The van der Waals surface area contributed by atoms with Crippen LogP contribution in [0.25, 0.3) is 0 Å². The number of rotatable bonds is 2. The van der Waals surface area contributed by atoms with E-state index in [0.29, 0.717) is 12.0 Å². The molecule has 17 heavy (non-hydrogen) atoms. The number of hydrogen-bond donors (Lipinski definition) is 0. The van der Waals surface area contributed by atoms with E-state index in [1.807, 2.05) is 0 Å². The normalized spacial score (nSPS) is 32.8. The molecular formula is C13H22FIN2. The van der Waals surface area contributed by atoms with Crippen LogP contribution in [0.5, 0.6) is 0 Å². The Balaban J connectivity index is 1.49. The fourth-order valence-corrected chi connectivity index (χ4v) is 3.82. The number of alkyl halides is 1. The minimum Gasteiger partial charge on any atom is -0.300 e. The summed E-state index contributed by atoms with van der Waals surface area (Å²) in [6.07, 6.45) is 6.91. The Hall–Kier alpha value is 0.580. The molecule has 3 rings (SSSR count). The van der Waals surface area contributed by atoms with Gasteiger partial charge in [-0.2, -0.15) is 0 Å². The molecule has 0 radical (unpaired) electrons. The van der Waals surface area contributed by atoms with Gasteiger partial charge in [0.15, 0.2) is 0 Å². The summed E-state index contributed by atoms with van der Waals surface area (Å²) in [7, 11) is 0. The first kappa shape index (κ1) is 12.6. The summed E-state index contributed by atoms with van der Waals surface area (Å²) in [4.78, 5) is 2.37. The van der Waals surface area contributed by atoms with Crippen molar-refractivity contribution in [3.63, 3.8) is 0 Å². The van der Waals surface area contributed by atoms with E-state index in [1.165, 1.54) is 38.8 Å². The van der Waals surface area contributed by atoms with Gasteiger partial charge in [-0.05, 0) is 57.0 Å². The summed E-state index contributed by atoms with van der Waals surface area (Å²) in [5, 5.41) is 0. The van der Waals surface area contributed by atoms with Gasteiger partial charge in [0.05, 0.1) is 0 Å². The second kappa shape index (κ2) is 4.60. The summed E-state index contributed by atoms with van der Waals surface area (Å²) in [5.74, 6) is 0. The van der Waals surface area contributed by atoms with E-state index >= 15 is 0 Å². The SMILES string of the molecule is FC1(CN2CCC3(CCN(I)CC3)CC2)CC1. The van der Waals surface area contributed by atoms with Gasteiger partial charge in [0, 0.05) is 42.5 Å². The zero-order valence-corrected chi connectivity index (χ0v) is 12.6. The Kier molecular flexibility index (Phi) is 3.41. The standard InChI is InChI=1S/C13H22FIN2/c14-13(1-2-13)11-16-7-3-12(4-8-16)5-9-17(15)10-6-12/h1-11H2. The van der Waals surface area contributed by atoms with Crippen molar-refractivity contribution in [3.8, 4) is 0 Å². The molecule has 3 fully saturated rings. The van der Waals surface area contributed by atoms with Gasteiger partial charge < -0.3 is 4.90 Å². The van der Waals surface area contributed by atoms with Crippen LogP contribution in [0.2, 0.25) is 0 Å². The van der Waals surface area contributed by atoms with Crippen LogP contribution in [-0.2, 0) is 0 Å². The van der Waals surface area contributed by atoms with Crippen LogP contribution >= 0.6 is 22.9 Å². The second-order valence-electron chi connectivity index (χ2n) is 6.34. The maximum atomic E-state index is 13.7. The summed E-state index contributed by atoms with van der Waals surface area (Å²) in [5.41, 5.74) is -0.193. The van der Waals surface area contributed by atoms with Crippen LogP contribution < -0.4 is 0 Å². The maximum absolute atomic E-state index is 13.7. The fraction of sp³-hybridized carbons (Fsp3) is 1.00. The lowest BCUT2D eigenvalue weighted by molar-refractivity contribution is 0.0466. The zero-order valence-electron chi connectivity index (χ0n) is 10.4. The van der Waals surface area contributed by atoms with E-state index in [2.05, 4.69) is 30.9 Å². The van der Waals surface area contributed by atoms with Gasteiger partial charge in [0.2, 0.25) is 0 Å². The second-order valence-corrected chi connectivity index (χ2v) is 7.70. The van der Waals surface area contributed by atoms with E-state index in [1.54, 1.807) is 0 Å². The van der Waals surface area contributed by atoms with Gasteiger partial charge in [-0.1, -0.05) is 0 Å². The molecule has 1 aliphatic carbocycles. The first-order chi connectivity index (χ1) is 8.09. The molecule has 0 amide bonds. The Bertz CT molecular complexity index is 275. The van der Waals surface area contributed by atoms with Crippen molar-refractivity contribution in [2.45, 2.75) is 44.2 Å². The van der Waals surface area contributed by atoms with Gasteiger partial charge in [-0.3, -0.25) is 0 Å². The molecule has 2 heterocycles. The number of likely N-dealkylation sites (tertiary alicyclic amines) is 1. The summed E-state index contributed by atoms with van der Waals surface area (Å²) in [6, 6.07) is 0. The van der Waals surface area contributed by atoms with Crippen molar-refractivity contribution in [1.82, 2.24) is 8.01 Å². The van der Waals surface area contributed by atoms with E-state index in [-0.39, 0.29) is 0 Å². The maximum Gasteiger partial charge on any atom is 0.123 e. The molecule has 0 atom stereocenters. The van der Waals surface area contributed by atoms with Crippen molar-refractivity contribution in [2.75, 3.05) is 32.7 Å². The lowest BCUT2D eigenvalue weighted by Crippen LogP contribution is -2.46. The molecule has 2 aliphatic heterocycles. The molecule has 0 bridgehead atoms. The number of piperidine rings is 2. The Labute approximate surface area is 117 Å². The molecule has 4 heteroatoms. The average molecular weight is 352 g/mol. The minimum absolute atomic E-state index is 0.602. The zero-order chi connectivity index (χ0) is 11.9. The number of hydrogen-bond acceptors (Lipinski definition) is 2. The van der Waals surface area contributed by atoms with Gasteiger partial charge >= 0.3 is 0 Å². The Morgan fingerprint density at radius 2 is 1.41 bits per heavy atom. The Morgan fingerprint density at radius 1 is 0.882 bits per heavy atom. The van der Waals surface area contributed by atoms with Crippen LogP contribution in [0.4, 0.5) is 4.39 Å². The van der Waals surface area contributed by atoms with Crippen LogP contribution in [0.15, 0.2) is 0 Å². The topological polar surface area (TPSA) is 6.48 Å². The van der Waals surface area contributed by atoms with E-state index in [0.717, 1.165) is 25.9 Å². The molecule has 0 N–H and O–H groups in total. The lowest BCUT2D eigenvalue weighted by Gasteiger charge is -2.46. The summed E-state index contributed by atoms with van der Waals surface area (Å²) >= 11 is 2.44. The highest BCUT2D eigenvalue weighted by atomic mass is 127. The summed E-state index contributed by atoms with van der Waals surface area (Å²) < 4.78 is 16.1. The lowest BCUT2D eigenvalue weighted by atomic mass is 9.71. The van der Waals surface area contributed by atoms with Crippen LogP contribution in [0, 0.1) is 5.41 Å².